The van der Waals surface area contributed by atoms with E-state index in [1.54, 1.807) is 33.0 Å². The van der Waals surface area contributed by atoms with Crippen molar-refractivity contribution in [3.05, 3.63) is 23.4 Å². The van der Waals surface area contributed by atoms with Crippen molar-refractivity contribution in [1.82, 2.24) is 15.2 Å². The summed E-state index contributed by atoms with van der Waals surface area (Å²) in [5, 5.41) is 3.25. The van der Waals surface area contributed by atoms with E-state index in [9.17, 15) is 9.59 Å². The second-order valence-electron chi connectivity index (χ2n) is 7.28. The summed E-state index contributed by atoms with van der Waals surface area (Å²) in [6, 6.07) is 3.11. The fourth-order valence-electron chi connectivity index (χ4n) is 2.81. The molecular weight excluding hydrogens is 372 g/mol. The lowest BCUT2D eigenvalue weighted by atomic mass is 10.2. The zero-order valence-electron chi connectivity index (χ0n) is 16.2. The van der Waals surface area contributed by atoms with E-state index >= 15 is 0 Å². The molecule has 27 heavy (non-hydrogen) atoms. The summed E-state index contributed by atoms with van der Waals surface area (Å²) in [4.78, 5) is 32.5. The van der Waals surface area contributed by atoms with E-state index in [2.05, 4.69) is 15.2 Å². The minimum absolute atomic E-state index is 0.126. The Bertz CT molecular complexity index is 640. The molecule has 150 valence electrons. The Hall–Kier alpha value is -2.06. The Morgan fingerprint density at radius 1 is 1.26 bits per heavy atom. The first-order chi connectivity index (χ1) is 12.7. The van der Waals surface area contributed by atoms with E-state index < -0.39 is 17.7 Å². The average molecular weight is 399 g/mol. The fraction of sp³-hybridized carbons (Fsp3) is 0.611. The summed E-state index contributed by atoms with van der Waals surface area (Å²) in [7, 11) is 1.34. The number of esters is 1. The number of aromatic nitrogens is 1. The van der Waals surface area contributed by atoms with E-state index in [1.165, 1.54) is 7.11 Å². The number of piperazine rings is 1. The van der Waals surface area contributed by atoms with Crippen LogP contribution in [0.2, 0.25) is 5.02 Å². The van der Waals surface area contributed by atoms with E-state index in [0.717, 1.165) is 5.82 Å². The molecule has 1 aliphatic rings. The van der Waals surface area contributed by atoms with Crippen LogP contribution in [0.15, 0.2) is 18.3 Å². The Morgan fingerprint density at radius 2 is 1.93 bits per heavy atom. The number of carbonyl (C=O) groups is 2. The molecule has 0 radical (unpaired) electrons. The number of nitrogens with one attached hydrogen (secondary N) is 1. The smallest absolute Gasteiger partial charge is 0.407 e. The van der Waals surface area contributed by atoms with Crippen molar-refractivity contribution in [3.8, 4) is 0 Å². The molecule has 0 saturated carbocycles. The Morgan fingerprint density at radius 3 is 2.44 bits per heavy atom. The number of ether oxygens (including phenoxy) is 2. The van der Waals surface area contributed by atoms with Crippen LogP contribution < -0.4 is 10.2 Å². The molecule has 1 atom stereocenters. The van der Waals surface area contributed by atoms with Gasteiger partial charge in [0.1, 0.15) is 17.5 Å². The van der Waals surface area contributed by atoms with E-state index in [1.807, 2.05) is 11.0 Å². The standard InChI is InChI=1S/C18H27ClN4O4/c1-18(2,3)27-17(25)21-12-14(16(24)26-4)22-7-9-23(10-8-22)15-6-5-13(19)11-20-15/h5-6,11,14H,7-10,12H2,1-4H3,(H,21,25). The Labute approximate surface area is 164 Å². The molecule has 1 amide bonds. The van der Waals surface area contributed by atoms with Crippen LogP contribution in [0.1, 0.15) is 20.8 Å². The summed E-state index contributed by atoms with van der Waals surface area (Å²) >= 11 is 5.88. The largest absolute Gasteiger partial charge is 0.468 e. The molecule has 0 bridgehead atoms. The van der Waals surface area contributed by atoms with E-state index in [-0.39, 0.29) is 12.5 Å². The van der Waals surface area contributed by atoms with Gasteiger partial charge in [-0.3, -0.25) is 9.69 Å². The molecule has 0 spiro atoms. The molecule has 2 rings (SSSR count). The van der Waals surface area contributed by atoms with Gasteiger partial charge in [-0.1, -0.05) is 11.6 Å². The molecule has 2 heterocycles. The third kappa shape index (κ3) is 6.55. The van der Waals surface area contributed by atoms with Gasteiger partial charge in [-0.05, 0) is 32.9 Å². The molecule has 1 saturated heterocycles. The van der Waals surface area contributed by atoms with Crippen molar-refractivity contribution in [2.24, 2.45) is 0 Å². The van der Waals surface area contributed by atoms with Gasteiger partial charge in [0, 0.05) is 38.9 Å². The van der Waals surface area contributed by atoms with Gasteiger partial charge in [-0.15, -0.1) is 0 Å². The van der Waals surface area contributed by atoms with Crippen LogP contribution in [0.25, 0.3) is 0 Å². The zero-order chi connectivity index (χ0) is 20.0. The van der Waals surface area contributed by atoms with Crippen LogP contribution in [0.3, 0.4) is 0 Å². The van der Waals surface area contributed by atoms with Crippen LogP contribution >= 0.6 is 11.6 Å². The number of alkyl carbamates (subject to hydrolysis) is 1. The summed E-state index contributed by atoms with van der Waals surface area (Å²) in [5.74, 6) is 0.463. The molecular formula is C18H27ClN4O4. The lowest BCUT2D eigenvalue weighted by Gasteiger charge is -2.38. The molecule has 9 heteroatoms. The molecule has 1 aromatic heterocycles. The van der Waals surface area contributed by atoms with Gasteiger partial charge >= 0.3 is 12.1 Å². The Balaban J connectivity index is 1.92. The highest BCUT2D eigenvalue weighted by Crippen LogP contribution is 2.17. The number of anilines is 1. The van der Waals surface area contributed by atoms with Crippen LogP contribution in [0.4, 0.5) is 10.6 Å². The predicted octanol–water partition coefficient (Wildman–Crippen LogP) is 1.92. The number of amides is 1. The lowest BCUT2D eigenvalue weighted by molar-refractivity contribution is -0.146. The van der Waals surface area contributed by atoms with Crippen molar-refractivity contribution in [1.29, 1.82) is 0 Å². The molecule has 1 aromatic rings. The SMILES string of the molecule is COC(=O)C(CNC(=O)OC(C)(C)C)N1CCN(c2ccc(Cl)cn2)CC1. The Kier molecular flexibility index (Phi) is 7.26. The molecule has 0 aliphatic carbocycles. The molecule has 1 fully saturated rings. The third-order valence-corrected chi connectivity index (χ3v) is 4.33. The number of hydrogen-bond donors (Lipinski definition) is 1. The molecule has 1 aliphatic heterocycles. The number of carbonyl (C=O) groups excluding carboxylic acids is 2. The number of rotatable bonds is 5. The van der Waals surface area contributed by atoms with Gasteiger partial charge in [-0.25, -0.2) is 9.78 Å². The highest BCUT2D eigenvalue weighted by atomic mass is 35.5. The monoisotopic (exact) mass is 398 g/mol. The van der Waals surface area contributed by atoms with Crippen molar-refractivity contribution in [2.75, 3.05) is 44.7 Å². The normalized spacial score (nSPS) is 16.6. The average Bonchev–Trinajstić information content (AvgIpc) is 2.61. The van der Waals surface area contributed by atoms with Gasteiger partial charge in [-0.2, -0.15) is 0 Å². The highest BCUT2D eigenvalue weighted by Gasteiger charge is 2.31. The minimum Gasteiger partial charge on any atom is -0.468 e. The predicted molar refractivity (Wildman–Crippen MR) is 103 cm³/mol. The third-order valence-electron chi connectivity index (χ3n) is 4.10. The first kappa shape index (κ1) is 21.2. The minimum atomic E-state index is -0.595. The fourth-order valence-corrected chi connectivity index (χ4v) is 2.92. The summed E-state index contributed by atoms with van der Waals surface area (Å²) in [5.41, 5.74) is -0.595. The van der Waals surface area contributed by atoms with Crippen LogP contribution in [-0.2, 0) is 14.3 Å². The van der Waals surface area contributed by atoms with Gasteiger partial charge < -0.3 is 19.7 Å². The van der Waals surface area contributed by atoms with Crippen molar-refractivity contribution < 1.29 is 19.1 Å². The quantitative estimate of drug-likeness (QED) is 0.758. The number of pyridine rings is 1. The highest BCUT2D eigenvalue weighted by molar-refractivity contribution is 6.30. The molecule has 0 aromatic carbocycles. The zero-order valence-corrected chi connectivity index (χ0v) is 17.0. The van der Waals surface area contributed by atoms with Gasteiger partial charge in [0.2, 0.25) is 0 Å². The summed E-state index contributed by atoms with van der Waals surface area (Å²) in [6.45, 7) is 8.17. The van der Waals surface area contributed by atoms with Crippen molar-refractivity contribution in [2.45, 2.75) is 32.4 Å². The first-order valence-electron chi connectivity index (χ1n) is 8.85. The molecule has 1 unspecified atom stereocenters. The number of hydrogen-bond acceptors (Lipinski definition) is 7. The topological polar surface area (TPSA) is 84.0 Å². The number of halogens is 1. The first-order valence-corrected chi connectivity index (χ1v) is 9.22. The van der Waals surface area contributed by atoms with Crippen LogP contribution in [0.5, 0.6) is 0 Å². The van der Waals surface area contributed by atoms with Gasteiger partial charge in [0.25, 0.3) is 0 Å². The molecule has 1 N–H and O–H groups in total. The number of nitrogens with zero attached hydrogens (tertiary/aromatic N) is 3. The number of methoxy groups -OCH3 is 1. The van der Waals surface area contributed by atoms with Gasteiger partial charge in [0.05, 0.1) is 12.1 Å². The molecule has 8 nitrogen and oxygen atoms in total. The maximum atomic E-state index is 12.2. The maximum absolute atomic E-state index is 12.2. The maximum Gasteiger partial charge on any atom is 0.407 e. The van der Waals surface area contributed by atoms with Crippen molar-refractivity contribution >= 4 is 29.5 Å². The lowest BCUT2D eigenvalue weighted by Crippen LogP contribution is -2.56. The van der Waals surface area contributed by atoms with Gasteiger partial charge in [0.15, 0.2) is 0 Å². The van der Waals surface area contributed by atoms with Crippen molar-refractivity contribution in [3.63, 3.8) is 0 Å². The second-order valence-corrected chi connectivity index (χ2v) is 7.72. The van der Waals surface area contributed by atoms with Crippen LogP contribution in [0, 0.1) is 0 Å². The summed E-state index contributed by atoms with van der Waals surface area (Å²) < 4.78 is 10.1. The van der Waals surface area contributed by atoms with E-state index in [4.69, 9.17) is 21.1 Å². The van der Waals surface area contributed by atoms with E-state index in [0.29, 0.717) is 31.2 Å². The summed E-state index contributed by atoms with van der Waals surface area (Å²) in [6.07, 6.45) is 1.06. The van der Waals surface area contributed by atoms with Crippen LogP contribution in [-0.4, -0.2) is 73.4 Å². The second kappa shape index (κ2) is 9.23.